The van der Waals surface area contributed by atoms with Crippen LogP contribution in [0.25, 0.3) is 85.2 Å². The number of anilines is 6. The van der Waals surface area contributed by atoms with Crippen LogP contribution in [0.5, 0.6) is 0 Å². The van der Waals surface area contributed by atoms with Gasteiger partial charge in [-0.3, -0.25) is 0 Å². The zero-order valence-electron chi connectivity index (χ0n) is 43.8. The summed E-state index contributed by atoms with van der Waals surface area (Å²) < 4.78 is 17.6. The molecule has 0 unspecified atom stereocenters. The molecule has 0 saturated carbocycles. The van der Waals surface area contributed by atoms with Crippen molar-refractivity contribution < 1.29 is 8.83 Å². The highest BCUT2D eigenvalue weighted by Crippen LogP contribution is 2.53. The standard InChI is InChI=1S/C70H53BN2O2S2/c1-69(2,3)48-30-34-58-52(40-48)65-67(74-58)71-64-54(72(65)56-36-46(28-32-50(56)42-18-9-7-10-19-42)62-38-44-22-13-15-26-60(44)76-62)24-17-25-55(64)73(66-53-41-49(70(4,5)6)31-35-59(53)75-68(66)71)57-37-47(29-33-51(57)43-20-11-8-12-21-43)63-39-45-23-14-16-27-61(45)77-63/h7-41H,1-6H3. The van der Waals surface area contributed by atoms with Gasteiger partial charge in [-0.1, -0.05) is 181 Å². The summed E-state index contributed by atoms with van der Waals surface area (Å²) >= 11 is 3.68. The van der Waals surface area contributed by atoms with Gasteiger partial charge in [0.05, 0.1) is 22.7 Å². The van der Waals surface area contributed by atoms with Crippen molar-refractivity contribution in [3.8, 4) is 43.1 Å². The number of benzene rings is 9. The molecular weight excluding hydrogens is 976 g/mol. The lowest BCUT2D eigenvalue weighted by Crippen LogP contribution is -2.60. The molecule has 2 aliphatic rings. The molecule has 6 heterocycles. The van der Waals surface area contributed by atoms with Gasteiger partial charge in [0.1, 0.15) is 22.5 Å². The maximum Gasteiger partial charge on any atom is 0.342 e. The molecule has 7 heteroatoms. The second-order valence-electron chi connectivity index (χ2n) is 22.9. The molecule has 0 N–H and O–H groups in total. The van der Waals surface area contributed by atoms with Gasteiger partial charge in [0.15, 0.2) is 0 Å². The van der Waals surface area contributed by atoms with Crippen LogP contribution in [0.3, 0.4) is 0 Å². The lowest BCUT2D eigenvalue weighted by Gasteiger charge is -2.41. The first kappa shape index (κ1) is 46.0. The molecule has 4 nitrogen and oxygen atoms in total. The first-order valence-corrected chi connectivity index (χ1v) is 28.3. The first-order chi connectivity index (χ1) is 37.4. The lowest BCUT2D eigenvalue weighted by atomic mass is 9.37. The van der Waals surface area contributed by atoms with Gasteiger partial charge in [0.2, 0.25) is 0 Å². The summed E-state index contributed by atoms with van der Waals surface area (Å²) in [5.41, 5.74) is 20.1. The van der Waals surface area contributed by atoms with E-state index in [2.05, 4.69) is 264 Å². The quantitative estimate of drug-likeness (QED) is 0.155. The van der Waals surface area contributed by atoms with Gasteiger partial charge in [0, 0.05) is 52.4 Å². The number of rotatable bonds is 6. The number of hydrogen-bond acceptors (Lipinski definition) is 6. The zero-order valence-corrected chi connectivity index (χ0v) is 45.4. The normalized spacial score (nSPS) is 13.2. The van der Waals surface area contributed by atoms with Gasteiger partial charge in [-0.15, -0.1) is 22.7 Å². The number of fused-ring (bicyclic) bond motifs is 10. The van der Waals surface area contributed by atoms with Gasteiger partial charge in [0.25, 0.3) is 0 Å². The molecule has 370 valence electrons. The highest BCUT2D eigenvalue weighted by molar-refractivity contribution is 7.22. The maximum absolute atomic E-state index is 7.51. The van der Waals surface area contributed by atoms with E-state index in [-0.39, 0.29) is 17.5 Å². The smallest absolute Gasteiger partial charge is 0.342 e. The topological polar surface area (TPSA) is 32.8 Å². The molecule has 9 aromatic carbocycles. The van der Waals surface area contributed by atoms with E-state index < -0.39 is 0 Å². The van der Waals surface area contributed by atoms with Crippen LogP contribution in [0.4, 0.5) is 34.1 Å². The second kappa shape index (κ2) is 17.1. The Morgan fingerprint density at radius 1 is 0.377 bits per heavy atom. The number of nitrogens with zero attached hydrogens (tertiary/aromatic N) is 2. The molecule has 0 radical (unpaired) electrons. The van der Waals surface area contributed by atoms with Crippen LogP contribution in [-0.2, 0) is 10.8 Å². The Morgan fingerprint density at radius 2 is 0.805 bits per heavy atom. The Hall–Kier alpha value is -8.36. The van der Waals surface area contributed by atoms with Gasteiger partial charge in [-0.05, 0) is 133 Å². The molecule has 2 aliphatic heterocycles. The van der Waals surface area contributed by atoms with Crippen LogP contribution >= 0.6 is 22.7 Å². The Bertz CT molecular complexity index is 4160. The van der Waals surface area contributed by atoms with Gasteiger partial charge < -0.3 is 18.6 Å². The van der Waals surface area contributed by atoms with Gasteiger partial charge in [-0.2, -0.15) is 0 Å². The molecule has 0 bridgehead atoms. The summed E-state index contributed by atoms with van der Waals surface area (Å²) in [5, 5.41) is 4.65. The monoisotopic (exact) mass is 1030 g/mol. The summed E-state index contributed by atoms with van der Waals surface area (Å²) in [5.74, 6) is 0. The first-order valence-electron chi connectivity index (χ1n) is 26.7. The number of thiophene rings is 2. The van der Waals surface area contributed by atoms with Crippen molar-refractivity contribution in [3.63, 3.8) is 0 Å². The Morgan fingerprint density at radius 3 is 1.23 bits per heavy atom. The molecule has 0 fully saturated rings. The summed E-state index contributed by atoms with van der Waals surface area (Å²) in [6.07, 6.45) is 0. The Kier molecular flexibility index (Phi) is 10.2. The molecule has 0 aliphatic carbocycles. The minimum Gasteiger partial charge on any atom is -0.468 e. The van der Waals surface area contributed by atoms with Crippen LogP contribution in [0.2, 0.25) is 0 Å². The van der Waals surface area contributed by atoms with Crippen LogP contribution in [0.1, 0.15) is 52.7 Å². The van der Waals surface area contributed by atoms with Crippen molar-refractivity contribution in [3.05, 3.63) is 223 Å². The molecule has 0 saturated heterocycles. The van der Waals surface area contributed by atoms with E-state index >= 15 is 0 Å². The van der Waals surface area contributed by atoms with Crippen molar-refractivity contribution >= 4 is 122 Å². The third kappa shape index (κ3) is 7.31. The SMILES string of the molecule is CC(C)(C)c1ccc2oc3c(c2c1)N(c1cc(-c2cc4ccccc4s2)ccc1-c1ccccc1)c1cccc2c1B3c1oc3ccc(C(C)(C)C)cc3c1N2c1cc(-c2cc3ccccc3s2)ccc1-c1ccccc1. The Balaban J connectivity index is 1.07. The molecule has 77 heavy (non-hydrogen) atoms. The average molecular weight is 1030 g/mol. The lowest BCUT2D eigenvalue weighted by molar-refractivity contribution is 0.590. The molecule has 13 aromatic rings. The largest absolute Gasteiger partial charge is 0.468 e. The van der Waals surface area contributed by atoms with E-state index in [0.717, 1.165) is 95.1 Å². The van der Waals surface area contributed by atoms with E-state index in [1.165, 1.54) is 52.2 Å². The fraction of sp³-hybridized carbons (Fsp3) is 0.114. The zero-order chi connectivity index (χ0) is 51.9. The molecule has 0 atom stereocenters. The highest BCUT2D eigenvalue weighted by atomic mass is 32.1. The molecule has 15 rings (SSSR count). The second-order valence-corrected chi connectivity index (χ2v) is 25.0. The average Bonchev–Trinajstić information content (AvgIpc) is 4.48. The third-order valence-corrected chi connectivity index (χ3v) is 18.3. The van der Waals surface area contributed by atoms with Crippen molar-refractivity contribution in [2.24, 2.45) is 0 Å². The Labute approximate surface area is 457 Å². The maximum atomic E-state index is 7.51. The van der Waals surface area contributed by atoms with Crippen molar-refractivity contribution in [1.29, 1.82) is 0 Å². The van der Waals surface area contributed by atoms with E-state index in [9.17, 15) is 0 Å². The van der Waals surface area contributed by atoms with Crippen molar-refractivity contribution in [1.82, 2.24) is 0 Å². The summed E-state index contributed by atoms with van der Waals surface area (Å²) in [7, 11) is 0. The van der Waals surface area contributed by atoms with Gasteiger partial charge in [-0.25, -0.2) is 0 Å². The third-order valence-electron chi connectivity index (χ3n) is 16.0. The fourth-order valence-electron chi connectivity index (χ4n) is 12.1. The van der Waals surface area contributed by atoms with Gasteiger partial charge >= 0.3 is 6.71 Å². The summed E-state index contributed by atoms with van der Waals surface area (Å²) in [4.78, 5) is 7.53. The minimum absolute atomic E-state index is 0.109. The predicted molar refractivity (Wildman–Crippen MR) is 330 cm³/mol. The summed E-state index contributed by atoms with van der Waals surface area (Å²) in [6.45, 7) is 13.4. The number of furan rings is 2. The van der Waals surface area contributed by atoms with Crippen LogP contribution in [0, 0.1) is 0 Å². The van der Waals surface area contributed by atoms with Crippen LogP contribution < -0.4 is 26.6 Å². The predicted octanol–water partition coefficient (Wildman–Crippen LogP) is 19.0. The van der Waals surface area contributed by atoms with E-state index in [1.54, 1.807) is 0 Å². The minimum atomic E-state index is -0.383. The van der Waals surface area contributed by atoms with Crippen molar-refractivity contribution in [2.45, 2.75) is 52.4 Å². The van der Waals surface area contributed by atoms with Crippen LogP contribution in [0.15, 0.2) is 221 Å². The molecule has 4 aromatic heterocycles. The number of hydrogen-bond donors (Lipinski definition) is 0. The highest BCUT2D eigenvalue weighted by Gasteiger charge is 2.50. The molecule has 0 spiro atoms. The molecular formula is C70H53BN2O2S2. The van der Waals surface area contributed by atoms with Crippen molar-refractivity contribution in [2.75, 3.05) is 9.80 Å². The molecule has 0 amide bonds. The summed E-state index contributed by atoms with van der Waals surface area (Å²) in [6, 6.07) is 78.5. The van der Waals surface area contributed by atoms with E-state index in [0.29, 0.717) is 0 Å². The van der Waals surface area contributed by atoms with E-state index in [1.807, 2.05) is 22.7 Å². The van der Waals surface area contributed by atoms with Crippen LogP contribution in [-0.4, -0.2) is 6.71 Å². The van der Waals surface area contributed by atoms with E-state index in [4.69, 9.17) is 8.83 Å². The fourth-order valence-corrected chi connectivity index (χ4v) is 14.2.